The van der Waals surface area contributed by atoms with Gasteiger partial charge in [0.1, 0.15) is 0 Å². The number of rotatable bonds is 7. The number of aromatic nitrogens is 1. The number of thiazole rings is 1. The predicted molar refractivity (Wildman–Crippen MR) is 113 cm³/mol. The Hall–Kier alpha value is -2.80. The van der Waals surface area contributed by atoms with E-state index in [4.69, 9.17) is 14.5 Å². The molecule has 7 heteroatoms. The molecule has 0 amide bonds. The highest BCUT2D eigenvalue weighted by molar-refractivity contribution is 7.18. The van der Waals surface area contributed by atoms with Crippen LogP contribution in [-0.4, -0.2) is 30.8 Å². The number of hydrogen-bond donors (Lipinski definition) is 2. The number of nitrogens with zero attached hydrogens (tertiary/aromatic N) is 2. The first-order chi connectivity index (χ1) is 13.8. The average Bonchev–Trinajstić information content (AvgIpc) is 3.34. The van der Waals surface area contributed by atoms with Crippen LogP contribution in [0, 0.1) is 0 Å². The van der Waals surface area contributed by atoms with Crippen LogP contribution < -0.4 is 20.1 Å². The third-order valence-electron chi connectivity index (χ3n) is 4.40. The van der Waals surface area contributed by atoms with Gasteiger partial charge in [-0.25, -0.2) is 9.98 Å². The quantitative estimate of drug-likeness (QED) is 0.362. The molecule has 2 aromatic carbocycles. The first kappa shape index (κ1) is 18.6. The zero-order valence-electron chi connectivity index (χ0n) is 15.9. The van der Waals surface area contributed by atoms with E-state index >= 15 is 0 Å². The average molecular weight is 397 g/mol. The third-order valence-corrected chi connectivity index (χ3v) is 5.50. The van der Waals surface area contributed by atoms with Crippen molar-refractivity contribution in [1.29, 1.82) is 0 Å². The van der Waals surface area contributed by atoms with Gasteiger partial charge < -0.3 is 20.1 Å². The predicted octanol–water partition coefficient (Wildman–Crippen LogP) is 3.71. The Morgan fingerprint density at radius 3 is 2.93 bits per heavy atom. The topological polar surface area (TPSA) is 67.8 Å². The lowest BCUT2D eigenvalue weighted by atomic mass is 10.2. The van der Waals surface area contributed by atoms with Gasteiger partial charge in [0.15, 0.2) is 17.5 Å². The van der Waals surface area contributed by atoms with Gasteiger partial charge in [0, 0.05) is 19.5 Å². The van der Waals surface area contributed by atoms with Crippen molar-refractivity contribution < 1.29 is 9.47 Å². The second-order valence-electron chi connectivity index (χ2n) is 6.49. The van der Waals surface area contributed by atoms with E-state index in [-0.39, 0.29) is 0 Å². The van der Waals surface area contributed by atoms with Crippen molar-refractivity contribution in [3.8, 4) is 11.5 Å². The molecule has 0 fully saturated rings. The lowest BCUT2D eigenvalue weighted by Gasteiger charge is -2.11. The summed E-state index contributed by atoms with van der Waals surface area (Å²) in [6, 6.07) is 14.2. The normalized spacial score (nSPS) is 13.1. The number of ether oxygens (including phenoxy) is 2. The maximum atomic E-state index is 5.43. The molecule has 2 heterocycles. The molecule has 0 saturated carbocycles. The summed E-state index contributed by atoms with van der Waals surface area (Å²) in [6.07, 6.45) is 1.97. The molecule has 6 nitrogen and oxygen atoms in total. The Balaban J connectivity index is 1.28. The van der Waals surface area contributed by atoms with Crippen molar-refractivity contribution >= 4 is 27.5 Å². The fourth-order valence-corrected chi connectivity index (χ4v) is 4.03. The summed E-state index contributed by atoms with van der Waals surface area (Å²) in [5.41, 5.74) is 2.19. The number of nitrogens with one attached hydrogen (secondary N) is 2. The Kier molecular flexibility index (Phi) is 5.92. The van der Waals surface area contributed by atoms with E-state index in [1.54, 1.807) is 11.3 Å². The zero-order chi connectivity index (χ0) is 19.2. The molecule has 1 aromatic heterocycles. The minimum Gasteiger partial charge on any atom is -0.454 e. The summed E-state index contributed by atoms with van der Waals surface area (Å²) in [6.45, 7) is 4.62. The number of aliphatic imine (C=N–C) groups is 1. The number of para-hydroxylation sites is 1. The van der Waals surface area contributed by atoms with Gasteiger partial charge in [-0.2, -0.15) is 0 Å². The van der Waals surface area contributed by atoms with Gasteiger partial charge in [0.2, 0.25) is 6.79 Å². The molecule has 146 valence electrons. The van der Waals surface area contributed by atoms with Crippen molar-refractivity contribution in [2.24, 2.45) is 4.99 Å². The molecule has 0 bridgehead atoms. The first-order valence-electron chi connectivity index (χ1n) is 9.57. The smallest absolute Gasteiger partial charge is 0.231 e. The van der Waals surface area contributed by atoms with Gasteiger partial charge in [-0.05, 0) is 43.2 Å². The summed E-state index contributed by atoms with van der Waals surface area (Å²) >= 11 is 1.78. The Morgan fingerprint density at radius 1 is 1.14 bits per heavy atom. The van der Waals surface area contributed by atoms with E-state index < -0.39 is 0 Å². The molecule has 2 N–H and O–H groups in total. The van der Waals surface area contributed by atoms with Crippen LogP contribution in [0.15, 0.2) is 47.5 Å². The van der Waals surface area contributed by atoms with Gasteiger partial charge in [0.25, 0.3) is 0 Å². The van der Waals surface area contributed by atoms with E-state index in [0.717, 1.165) is 54.5 Å². The minimum absolute atomic E-state index is 0.293. The number of aryl methyl sites for hydroxylation is 1. The Morgan fingerprint density at radius 2 is 2.04 bits per heavy atom. The summed E-state index contributed by atoms with van der Waals surface area (Å²) in [7, 11) is 0. The maximum Gasteiger partial charge on any atom is 0.231 e. The molecular weight excluding hydrogens is 372 g/mol. The van der Waals surface area contributed by atoms with E-state index in [1.807, 2.05) is 24.3 Å². The van der Waals surface area contributed by atoms with Crippen molar-refractivity contribution in [2.75, 3.05) is 19.9 Å². The van der Waals surface area contributed by atoms with Gasteiger partial charge >= 0.3 is 0 Å². The number of hydrogen-bond acceptors (Lipinski definition) is 5. The molecule has 0 spiro atoms. The fourth-order valence-electron chi connectivity index (χ4n) is 3.02. The van der Waals surface area contributed by atoms with Crippen LogP contribution in [0.1, 0.15) is 23.9 Å². The number of benzene rings is 2. The first-order valence-corrected chi connectivity index (χ1v) is 10.4. The largest absolute Gasteiger partial charge is 0.454 e. The molecule has 1 aliphatic rings. The van der Waals surface area contributed by atoms with Gasteiger partial charge in [0.05, 0.1) is 21.8 Å². The molecule has 28 heavy (non-hydrogen) atoms. The summed E-state index contributed by atoms with van der Waals surface area (Å²) < 4.78 is 12.0. The third kappa shape index (κ3) is 4.54. The lowest BCUT2D eigenvalue weighted by Crippen LogP contribution is -2.37. The number of guanidine groups is 1. The summed E-state index contributed by atoms with van der Waals surface area (Å²) in [5.74, 6) is 2.42. The van der Waals surface area contributed by atoms with Crippen molar-refractivity contribution in [2.45, 2.75) is 26.3 Å². The molecular formula is C21H24N4O2S. The second kappa shape index (κ2) is 8.93. The highest BCUT2D eigenvalue weighted by Gasteiger charge is 2.13. The Labute approximate surface area is 168 Å². The monoisotopic (exact) mass is 396 g/mol. The highest BCUT2D eigenvalue weighted by Crippen LogP contribution is 2.32. The highest BCUT2D eigenvalue weighted by atomic mass is 32.1. The van der Waals surface area contributed by atoms with Crippen LogP contribution >= 0.6 is 11.3 Å². The zero-order valence-corrected chi connectivity index (χ0v) is 16.7. The van der Waals surface area contributed by atoms with Gasteiger partial charge in [-0.3, -0.25) is 0 Å². The molecule has 3 aromatic rings. The summed E-state index contributed by atoms with van der Waals surface area (Å²) in [4.78, 5) is 9.37. The van der Waals surface area contributed by atoms with Crippen LogP contribution in [0.5, 0.6) is 11.5 Å². The van der Waals surface area contributed by atoms with Crippen molar-refractivity contribution in [1.82, 2.24) is 15.6 Å². The van der Waals surface area contributed by atoms with Gasteiger partial charge in [-0.1, -0.05) is 18.2 Å². The van der Waals surface area contributed by atoms with Crippen molar-refractivity contribution in [3.63, 3.8) is 0 Å². The van der Waals surface area contributed by atoms with Crippen LogP contribution in [-0.2, 0) is 13.0 Å². The lowest BCUT2D eigenvalue weighted by molar-refractivity contribution is 0.174. The molecule has 0 atom stereocenters. The molecule has 1 aliphatic heterocycles. The SMILES string of the molecule is CCNC(=NCc1ccc2c(c1)OCO2)NCCCc1nc2ccccc2s1. The second-order valence-corrected chi connectivity index (χ2v) is 7.60. The van der Waals surface area contributed by atoms with E-state index in [2.05, 4.69) is 40.7 Å². The van der Waals surface area contributed by atoms with E-state index in [9.17, 15) is 0 Å². The molecule has 0 unspecified atom stereocenters. The Bertz CT molecular complexity index is 937. The van der Waals surface area contributed by atoms with Crippen molar-refractivity contribution in [3.05, 3.63) is 53.0 Å². The fraction of sp³-hybridized carbons (Fsp3) is 0.333. The van der Waals surface area contributed by atoms with Crippen LogP contribution in [0.3, 0.4) is 0 Å². The summed E-state index contributed by atoms with van der Waals surface area (Å²) in [5, 5.41) is 7.89. The standard InChI is InChI=1S/C21H24N4O2S/c1-2-22-21(24-13-15-9-10-17-18(12-15)27-14-26-17)23-11-5-8-20-25-16-6-3-4-7-19(16)28-20/h3-4,6-7,9-10,12H,2,5,8,11,13-14H2,1H3,(H2,22,23,24). The maximum absolute atomic E-state index is 5.43. The van der Waals surface area contributed by atoms with E-state index in [0.29, 0.717) is 13.3 Å². The molecule has 4 rings (SSSR count). The van der Waals surface area contributed by atoms with Crippen LogP contribution in [0.25, 0.3) is 10.2 Å². The molecule has 0 radical (unpaired) electrons. The van der Waals surface area contributed by atoms with E-state index in [1.165, 1.54) is 9.71 Å². The molecule has 0 saturated heterocycles. The molecule has 0 aliphatic carbocycles. The van der Waals surface area contributed by atoms with Crippen LogP contribution in [0.2, 0.25) is 0 Å². The van der Waals surface area contributed by atoms with Crippen LogP contribution in [0.4, 0.5) is 0 Å². The van der Waals surface area contributed by atoms with Gasteiger partial charge in [-0.15, -0.1) is 11.3 Å². The number of fused-ring (bicyclic) bond motifs is 2. The minimum atomic E-state index is 0.293.